The molecule has 7 nitrogen and oxygen atoms in total. The van der Waals surface area contributed by atoms with Gasteiger partial charge < -0.3 is 19.9 Å². The summed E-state index contributed by atoms with van der Waals surface area (Å²) in [6, 6.07) is 0. The van der Waals surface area contributed by atoms with Crippen LogP contribution in [-0.2, 0) is 9.53 Å². The second-order valence-electron chi connectivity index (χ2n) is 6.77. The molecule has 1 atom stereocenters. The second kappa shape index (κ2) is 7.79. The van der Waals surface area contributed by atoms with Gasteiger partial charge in [0.25, 0.3) is 0 Å². The SMILES string of the molecule is CN(C)c1ncncc1N1CCC(C(=O)NCC2CCCO2)CC1. The van der Waals surface area contributed by atoms with Crippen molar-refractivity contribution in [2.24, 2.45) is 5.92 Å². The molecule has 24 heavy (non-hydrogen) atoms. The molecule has 2 aliphatic heterocycles. The molecule has 3 heterocycles. The third-order valence-corrected chi connectivity index (χ3v) is 4.83. The highest BCUT2D eigenvalue weighted by Crippen LogP contribution is 2.28. The summed E-state index contributed by atoms with van der Waals surface area (Å²) in [6.45, 7) is 3.18. The minimum absolute atomic E-state index is 0.0927. The summed E-state index contributed by atoms with van der Waals surface area (Å²) in [4.78, 5) is 25.1. The van der Waals surface area contributed by atoms with E-state index in [4.69, 9.17) is 4.74 Å². The number of hydrogen-bond donors (Lipinski definition) is 1. The minimum atomic E-state index is 0.0927. The number of nitrogens with zero attached hydrogens (tertiary/aromatic N) is 4. The molecule has 1 aromatic heterocycles. The number of anilines is 2. The van der Waals surface area contributed by atoms with Gasteiger partial charge in [0.1, 0.15) is 6.33 Å². The molecule has 7 heteroatoms. The number of rotatable bonds is 5. The Morgan fingerprint density at radius 2 is 2.17 bits per heavy atom. The third kappa shape index (κ3) is 3.95. The molecule has 132 valence electrons. The van der Waals surface area contributed by atoms with Crippen LogP contribution in [0.15, 0.2) is 12.5 Å². The van der Waals surface area contributed by atoms with Gasteiger partial charge in [0.2, 0.25) is 5.91 Å². The maximum atomic E-state index is 12.4. The number of hydrogen-bond acceptors (Lipinski definition) is 6. The Kier molecular flexibility index (Phi) is 5.50. The van der Waals surface area contributed by atoms with E-state index in [1.54, 1.807) is 6.33 Å². The molecule has 1 N–H and O–H groups in total. The van der Waals surface area contributed by atoms with Gasteiger partial charge in [-0.25, -0.2) is 9.97 Å². The van der Waals surface area contributed by atoms with Gasteiger partial charge in [-0.05, 0) is 25.7 Å². The highest BCUT2D eigenvalue weighted by Gasteiger charge is 2.27. The zero-order valence-electron chi connectivity index (χ0n) is 14.6. The maximum Gasteiger partial charge on any atom is 0.223 e. The Morgan fingerprint density at radius 3 is 2.83 bits per heavy atom. The van der Waals surface area contributed by atoms with Crippen LogP contribution >= 0.6 is 0 Å². The maximum absolute atomic E-state index is 12.4. The summed E-state index contributed by atoms with van der Waals surface area (Å²) >= 11 is 0. The molecule has 0 radical (unpaired) electrons. The zero-order valence-corrected chi connectivity index (χ0v) is 14.6. The van der Waals surface area contributed by atoms with Crippen molar-refractivity contribution in [1.29, 1.82) is 0 Å². The molecular weight excluding hydrogens is 306 g/mol. The van der Waals surface area contributed by atoms with Crippen molar-refractivity contribution in [1.82, 2.24) is 15.3 Å². The van der Waals surface area contributed by atoms with Crippen molar-refractivity contribution >= 4 is 17.4 Å². The van der Waals surface area contributed by atoms with Crippen molar-refractivity contribution in [2.75, 3.05) is 50.1 Å². The smallest absolute Gasteiger partial charge is 0.223 e. The summed E-state index contributed by atoms with van der Waals surface area (Å²) in [5.41, 5.74) is 1.04. The first-order valence-electron chi connectivity index (χ1n) is 8.76. The van der Waals surface area contributed by atoms with Gasteiger partial charge in [0.15, 0.2) is 5.82 Å². The van der Waals surface area contributed by atoms with Crippen molar-refractivity contribution in [3.05, 3.63) is 12.5 Å². The summed E-state index contributed by atoms with van der Waals surface area (Å²) in [6.07, 6.45) is 7.52. The number of nitrogens with one attached hydrogen (secondary N) is 1. The Hall–Kier alpha value is -1.89. The highest BCUT2D eigenvalue weighted by molar-refractivity contribution is 5.79. The number of carbonyl (C=O) groups is 1. The molecular formula is C17H27N5O2. The predicted molar refractivity (Wildman–Crippen MR) is 93.3 cm³/mol. The first kappa shape index (κ1) is 17.0. The minimum Gasteiger partial charge on any atom is -0.376 e. The lowest BCUT2D eigenvalue weighted by molar-refractivity contribution is -0.126. The third-order valence-electron chi connectivity index (χ3n) is 4.83. The molecule has 0 spiro atoms. The summed E-state index contributed by atoms with van der Waals surface area (Å²) in [7, 11) is 3.97. The van der Waals surface area contributed by atoms with Gasteiger partial charge >= 0.3 is 0 Å². The first-order valence-corrected chi connectivity index (χ1v) is 8.76. The fourth-order valence-corrected chi connectivity index (χ4v) is 3.43. The molecule has 2 fully saturated rings. The molecule has 0 aliphatic carbocycles. The lowest BCUT2D eigenvalue weighted by Gasteiger charge is -2.34. The molecule has 1 amide bonds. The van der Waals surface area contributed by atoms with E-state index >= 15 is 0 Å². The van der Waals surface area contributed by atoms with Gasteiger partial charge in [0, 0.05) is 46.3 Å². The Labute approximate surface area is 143 Å². The fourth-order valence-electron chi connectivity index (χ4n) is 3.43. The van der Waals surface area contributed by atoms with Crippen LogP contribution < -0.4 is 15.1 Å². The van der Waals surface area contributed by atoms with Crippen molar-refractivity contribution in [3.63, 3.8) is 0 Å². The Bertz CT molecular complexity index is 552. The first-order chi connectivity index (χ1) is 11.6. The van der Waals surface area contributed by atoms with Gasteiger partial charge in [-0.3, -0.25) is 4.79 Å². The number of carbonyl (C=O) groups excluding carboxylic acids is 1. The Morgan fingerprint density at radius 1 is 1.38 bits per heavy atom. The van der Waals surface area contributed by atoms with Crippen molar-refractivity contribution < 1.29 is 9.53 Å². The van der Waals surface area contributed by atoms with Crippen molar-refractivity contribution in [2.45, 2.75) is 31.8 Å². The average Bonchev–Trinajstić information content (AvgIpc) is 3.13. The van der Waals surface area contributed by atoms with Crippen molar-refractivity contribution in [3.8, 4) is 0 Å². The van der Waals surface area contributed by atoms with E-state index in [-0.39, 0.29) is 17.9 Å². The van der Waals surface area contributed by atoms with E-state index in [9.17, 15) is 4.79 Å². The molecule has 2 aliphatic rings. The van der Waals surface area contributed by atoms with E-state index < -0.39 is 0 Å². The quantitative estimate of drug-likeness (QED) is 0.869. The average molecular weight is 333 g/mol. The van der Waals surface area contributed by atoms with E-state index in [0.717, 1.165) is 56.9 Å². The number of aromatic nitrogens is 2. The largest absolute Gasteiger partial charge is 0.376 e. The van der Waals surface area contributed by atoms with Gasteiger partial charge in [-0.1, -0.05) is 0 Å². The van der Waals surface area contributed by atoms with E-state index in [0.29, 0.717) is 6.54 Å². The summed E-state index contributed by atoms with van der Waals surface area (Å²) in [5.74, 6) is 1.18. The zero-order chi connectivity index (χ0) is 16.9. The fraction of sp³-hybridized carbons (Fsp3) is 0.706. The van der Waals surface area contributed by atoms with Crippen LogP contribution in [0.2, 0.25) is 0 Å². The molecule has 0 saturated carbocycles. The van der Waals surface area contributed by atoms with Crippen LogP contribution in [0.5, 0.6) is 0 Å². The standard InChI is InChI=1S/C17H27N5O2/c1-21(2)16-15(11-18-12-20-16)22-7-5-13(6-8-22)17(23)19-10-14-4-3-9-24-14/h11-14H,3-10H2,1-2H3,(H,19,23). The number of ether oxygens (including phenoxy) is 1. The monoisotopic (exact) mass is 333 g/mol. The highest BCUT2D eigenvalue weighted by atomic mass is 16.5. The molecule has 2 saturated heterocycles. The molecule has 1 aromatic rings. The van der Waals surface area contributed by atoms with Gasteiger partial charge in [0.05, 0.1) is 18.0 Å². The number of amides is 1. The van der Waals surface area contributed by atoms with Crippen LogP contribution in [0.3, 0.4) is 0 Å². The second-order valence-corrected chi connectivity index (χ2v) is 6.77. The van der Waals surface area contributed by atoms with Crippen LogP contribution in [0, 0.1) is 5.92 Å². The van der Waals surface area contributed by atoms with Crippen LogP contribution in [-0.4, -0.2) is 62.3 Å². The summed E-state index contributed by atoms with van der Waals surface area (Å²) < 4.78 is 5.56. The summed E-state index contributed by atoms with van der Waals surface area (Å²) in [5, 5.41) is 3.06. The lowest BCUT2D eigenvalue weighted by atomic mass is 9.95. The predicted octanol–water partition coefficient (Wildman–Crippen LogP) is 1.05. The van der Waals surface area contributed by atoms with Crippen LogP contribution in [0.25, 0.3) is 0 Å². The topological polar surface area (TPSA) is 70.6 Å². The molecule has 0 aromatic carbocycles. The lowest BCUT2D eigenvalue weighted by Crippen LogP contribution is -2.42. The Balaban J connectivity index is 1.51. The molecule has 0 bridgehead atoms. The van der Waals surface area contributed by atoms with E-state index in [1.165, 1.54) is 0 Å². The molecule has 1 unspecified atom stereocenters. The van der Waals surface area contributed by atoms with E-state index in [2.05, 4.69) is 20.2 Å². The normalized spacial score (nSPS) is 21.8. The number of piperidine rings is 1. The molecule has 3 rings (SSSR count). The van der Waals surface area contributed by atoms with Crippen LogP contribution in [0.1, 0.15) is 25.7 Å². The van der Waals surface area contributed by atoms with Gasteiger partial charge in [-0.2, -0.15) is 0 Å². The van der Waals surface area contributed by atoms with Gasteiger partial charge in [-0.15, -0.1) is 0 Å². The van der Waals surface area contributed by atoms with Crippen LogP contribution in [0.4, 0.5) is 11.5 Å². The van der Waals surface area contributed by atoms with E-state index in [1.807, 2.05) is 25.2 Å².